The fraction of sp³-hybridized carbons (Fsp3) is 0.400. The topological polar surface area (TPSA) is 113 Å². The molecule has 2 fully saturated rings. The van der Waals surface area contributed by atoms with Crippen LogP contribution in [0.5, 0.6) is 0 Å². The molecule has 0 atom stereocenters. The maximum absolute atomic E-state index is 14.2. The molecule has 1 amide bonds. The second kappa shape index (κ2) is 9.79. The number of nitrogens with zero attached hydrogens (tertiary/aromatic N) is 5. The van der Waals surface area contributed by atoms with Gasteiger partial charge in [-0.05, 0) is 69.5 Å². The van der Waals surface area contributed by atoms with E-state index in [1.807, 2.05) is 28.5 Å². The van der Waals surface area contributed by atoms with Crippen molar-refractivity contribution in [1.29, 1.82) is 0 Å². The van der Waals surface area contributed by atoms with E-state index in [4.69, 9.17) is 16.6 Å². The van der Waals surface area contributed by atoms with Gasteiger partial charge in [-0.2, -0.15) is 0 Å². The van der Waals surface area contributed by atoms with Crippen LogP contribution in [0.15, 0.2) is 24.3 Å². The van der Waals surface area contributed by atoms with Crippen molar-refractivity contribution in [2.75, 3.05) is 13.1 Å². The zero-order valence-electron chi connectivity index (χ0n) is 20.1. The number of hydrogen-bond acceptors (Lipinski definition) is 8. The highest BCUT2D eigenvalue weighted by atomic mass is 35.5. The first kappa shape index (κ1) is 24.5. The molecule has 0 spiro atoms. The number of halogens is 1. The average molecular weight is 557 g/mol. The summed E-state index contributed by atoms with van der Waals surface area (Å²) < 4.78 is 2.51. The number of amides is 1. The summed E-state index contributed by atoms with van der Waals surface area (Å²) in [7, 11) is 0. The summed E-state index contributed by atoms with van der Waals surface area (Å²) in [5.74, 6) is -0.955. The molecule has 0 unspecified atom stereocenters. The summed E-state index contributed by atoms with van der Waals surface area (Å²) in [4.78, 5) is 33.8. The van der Waals surface area contributed by atoms with E-state index in [9.17, 15) is 14.7 Å². The molecule has 192 valence electrons. The van der Waals surface area contributed by atoms with Crippen LogP contribution in [0.2, 0.25) is 4.34 Å². The molecule has 1 saturated carbocycles. The fourth-order valence-corrected chi connectivity index (χ4v) is 6.98. The van der Waals surface area contributed by atoms with Crippen LogP contribution >= 0.6 is 34.3 Å². The van der Waals surface area contributed by atoms with Gasteiger partial charge in [-0.1, -0.05) is 29.0 Å². The predicted molar refractivity (Wildman–Crippen MR) is 144 cm³/mol. The highest BCUT2D eigenvalue weighted by Gasteiger charge is 2.40. The van der Waals surface area contributed by atoms with Gasteiger partial charge in [-0.15, -0.1) is 21.5 Å². The first-order chi connectivity index (χ1) is 17.9. The normalized spacial score (nSPS) is 16.4. The summed E-state index contributed by atoms with van der Waals surface area (Å²) in [5, 5.41) is 23.4. The van der Waals surface area contributed by atoms with Crippen LogP contribution in [0.25, 0.3) is 20.9 Å². The first-order valence-corrected chi connectivity index (χ1v) is 14.3. The molecule has 1 saturated heterocycles. The molecule has 4 heterocycles. The number of carboxylic acid groups (broad SMARTS) is 1. The Morgan fingerprint density at radius 3 is 2.54 bits per heavy atom. The Bertz CT molecular complexity index is 1500. The van der Waals surface area contributed by atoms with Crippen molar-refractivity contribution in [3.8, 4) is 9.88 Å². The lowest BCUT2D eigenvalue weighted by molar-refractivity contribution is 0.0605. The standard InChI is InChI=1S/C25H25ClN6O3S2/c1-13-2-5-16(25(34)35)20-21(13)31(12-19-29-30-23(37-19)17-6-7-18(26)36-17)22(28-20)24(33)32(14-3-4-14)15-8-10-27-11-9-15/h2,5-7,14-15,27H,3-4,8-12H2,1H3,(H,34,35). The molecule has 2 aliphatic rings. The van der Waals surface area contributed by atoms with Crippen molar-refractivity contribution < 1.29 is 14.7 Å². The number of benzene rings is 1. The molecule has 9 nitrogen and oxygen atoms in total. The maximum atomic E-state index is 14.2. The summed E-state index contributed by atoms with van der Waals surface area (Å²) in [6, 6.07) is 7.41. The third kappa shape index (κ3) is 4.65. The van der Waals surface area contributed by atoms with E-state index in [0.29, 0.717) is 20.4 Å². The maximum Gasteiger partial charge on any atom is 0.337 e. The number of aromatic nitrogens is 4. The van der Waals surface area contributed by atoms with E-state index in [0.717, 1.165) is 54.2 Å². The molecule has 1 aliphatic heterocycles. The lowest BCUT2D eigenvalue weighted by Gasteiger charge is -2.34. The zero-order valence-corrected chi connectivity index (χ0v) is 22.5. The van der Waals surface area contributed by atoms with Gasteiger partial charge < -0.3 is 19.9 Å². The van der Waals surface area contributed by atoms with E-state index in [2.05, 4.69) is 15.5 Å². The van der Waals surface area contributed by atoms with Gasteiger partial charge in [0.25, 0.3) is 5.91 Å². The number of hydrogen-bond donors (Lipinski definition) is 2. The van der Waals surface area contributed by atoms with Crippen LogP contribution in [0.3, 0.4) is 0 Å². The van der Waals surface area contributed by atoms with Crippen LogP contribution in [0.1, 0.15) is 57.2 Å². The molecule has 4 aromatic rings. The van der Waals surface area contributed by atoms with Crippen LogP contribution < -0.4 is 5.32 Å². The molecule has 12 heteroatoms. The molecular formula is C25H25ClN6O3S2. The number of carbonyl (C=O) groups is 2. The molecule has 37 heavy (non-hydrogen) atoms. The average Bonchev–Trinajstić information content (AvgIpc) is 3.25. The Kier molecular flexibility index (Phi) is 6.47. The fourth-order valence-electron chi connectivity index (χ4n) is 5.06. The lowest BCUT2D eigenvalue weighted by atomic mass is 10.0. The molecule has 2 N–H and O–H groups in total. The Morgan fingerprint density at radius 2 is 1.86 bits per heavy atom. The van der Waals surface area contributed by atoms with E-state index >= 15 is 0 Å². The minimum atomic E-state index is -1.07. The highest BCUT2D eigenvalue weighted by Crippen LogP contribution is 2.36. The second-order valence-electron chi connectivity index (χ2n) is 9.48. The monoisotopic (exact) mass is 556 g/mol. The van der Waals surface area contributed by atoms with Crippen molar-refractivity contribution in [1.82, 2.24) is 30.0 Å². The number of fused-ring (bicyclic) bond motifs is 1. The minimum absolute atomic E-state index is 0.0828. The number of piperidine rings is 1. The van der Waals surface area contributed by atoms with Gasteiger partial charge in [-0.25, -0.2) is 9.78 Å². The molecule has 0 radical (unpaired) electrons. The van der Waals surface area contributed by atoms with Crippen molar-refractivity contribution in [2.45, 2.75) is 51.2 Å². The summed E-state index contributed by atoms with van der Waals surface area (Å²) in [6.45, 7) is 3.92. The Morgan fingerprint density at radius 1 is 1.11 bits per heavy atom. The van der Waals surface area contributed by atoms with E-state index in [1.54, 1.807) is 12.1 Å². The van der Waals surface area contributed by atoms with Crippen LogP contribution in [0.4, 0.5) is 0 Å². The lowest BCUT2D eigenvalue weighted by Crippen LogP contribution is -2.48. The number of carbonyl (C=O) groups excluding carboxylic acids is 1. The van der Waals surface area contributed by atoms with Crippen molar-refractivity contribution in [3.05, 3.63) is 50.6 Å². The molecule has 6 rings (SSSR count). The smallest absolute Gasteiger partial charge is 0.337 e. The number of aromatic carboxylic acids is 1. The summed E-state index contributed by atoms with van der Waals surface area (Å²) in [6.07, 6.45) is 3.76. The summed E-state index contributed by atoms with van der Waals surface area (Å²) in [5.41, 5.74) is 1.90. The largest absolute Gasteiger partial charge is 0.478 e. The van der Waals surface area contributed by atoms with Crippen LogP contribution in [0, 0.1) is 6.92 Å². The SMILES string of the molecule is Cc1ccc(C(=O)O)c2nc(C(=O)N(C3CCNCC3)C3CC3)n(Cc3nnc(-c4ccc(Cl)s4)s3)c12. The molecular weight excluding hydrogens is 532 g/mol. The van der Waals surface area contributed by atoms with Gasteiger partial charge in [0.2, 0.25) is 5.82 Å². The quantitative estimate of drug-likeness (QED) is 0.340. The van der Waals surface area contributed by atoms with E-state index in [1.165, 1.54) is 22.7 Å². The predicted octanol–water partition coefficient (Wildman–Crippen LogP) is 4.68. The van der Waals surface area contributed by atoms with Gasteiger partial charge in [0.15, 0.2) is 5.01 Å². The number of nitrogens with one attached hydrogen (secondary N) is 1. The second-order valence-corrected chi connectivity index (χ2v) is 12.3. The highest BCUT2D eigenvalue weighted by molar-refractivity contribution is 7.23. The Labute approximate surface area is 226 Å². The van der Waals surface area contributed by atoms with Crippen molar-refractivity contribution >= 4 is 57.2 Å². The number of thiophene rings is 1. The third-order valence-electron chi connectivity index (χ3n) is 6.94. The van der Waals surface area contributed by atoms with Crippen molar-refractivity contribution in [3.63, 3.8) is 0 Å². The minimum Gasteiger partial charge on any atom is -0.478 e. The van der Waals surface area contributed by atoms with E-state index in [-0.39, 0.29) is 35.9 Å². The number of carboxylic acids is 1. The third-order valence-corrected chi connectivity index (χ3v) is 9.25. The van der Waals surface area contributed by atoms with Crippen molar-refractivity contribution in [2.24, 2.45) is 0 Å². The summed E-state index contributed by atoms with van der Waals surface area (Å²) >= 11 is 8.97. The van der Waals surface area contributed by atoms with Gasteiger partial charge >= 0.3 is 5.97 Å². The van der Waals surface area contributed by atoms with Gasteiger partial charge in [0.1, 0.15) is 10.5 Å². The van der Waals surface area contributed by atoms with Gasteiger partial charge in [0, 0.05) is 12.1 Å². The first-order valence-electron chi connectivity index (χ1n) is 12.3. The Balaban J connectivity index is 1.45. The van der Waals surface area contributed by atoms with E-state index < -0.39 is 5.97 Å². The van der Waals surface area contributed by atoms with Crippen LogP contribution in [-0.4, -0.2) is 66.8 Å². The zero-order chi connectivity index (χ0) is 25.7. The molecule has 3 aromatic heterocycles. The molecule has 1 aliphatic carbocycles. The number of aryl methyl sites for hydroxylation is 1. The Hall–Kier alpha value is -2.86. The molecule has 1 aromatic carbocycles. The van der Waals surface area contributed by atoms with Crippen LogP contribution in [-0.2, 0) is 6.54 Å². The number of imidazole rings is 1. The molecule has 0 bridgehead atoms. The number of rotatable bonds is 7. The van der Waals surface area contributed by atoms with Gasteiger partial charge in [-0.3, -0.25) is 4.79 Å². The van der Waals surface area contributed by atoms with Gasteiger partial charge in [0.05, 0.1) is 26.8 Å².